The van der Waals surface area contributed by atoms with Crippen LogP contribution in [-0.4, -0.2) is 0 Å². The predicted octanol–water partition coefficient (Wildman–Crippen LogP) is 17.6. The summed E-state index contributed by atoms with van der Waals surface area (Å²) in [7, 11) is 0. The molecule has 0 saturated carbocycles. The van der Waals surface area contributed by atoms with Crippen molar-refractivity contribution in [2.24, 2.45) is 0 Å². The zero-order valence-electron chi connectivity index (χ0n) is 35.2. The molecule has 302 valence electrons. The molecule has 0 bridgehead atoms. The van der Waals surface area contributed by atoms with E-state index in [9.17, 15) is 0 Å². The summed E-state index contributed by atoms with van der Waals surface area (Å²) in [4.78, 5) is 2.34. The van der Waals surface area contributed by atoms with E-state index in [2.05, 4.69) is 248 Å². The Hall–Kier alpha value is -8.46. The Morgan fingerprint density at radius 1 is 0.234 bits per heavy atom. The van der Waals surface area contributed by atoms with Gasteiger partial charge in [-0.2, -0.15) is 0 Å². The molecular weight excluding hydrogens is 775 g/mol. The van der Waals surface area contributed by atoms with Crippen LogP contribution in [0.2, 0.25) is 0 Å². The van der Waals surface area contributed by atoms with Crippen LogP contribution in [0.25, 0.3) is 89.1 Å². The predicted molar refractivity (Wildman–Crippen MR) is 269 cm³/mol. The maximum absolute atomic E-state index is 6.35. The third-order valence-corrected chi connectivity index (χ3v) is 12.2. The zero-order chi connectivity index (χ0) is 42.7. The molecule has 0 radical (unpaired) electrons. The first-order valence-electron chi connectivity index (χ1n) is 21.8. The Morgan fingerprint density at radius 2 is 0.547 bits per heavy atom. The smallest absolute Gasteiger partial charge is 0.136 e. The van der Waals surface area contributed by atoms with Crippen LogP contribution in [0, 0.1) is 0 Å². The zero-order valence-corrected chi connectivity index (χ0v) is 35.2. The average molecular weight is 818 g/mol. The summed E-state index contributed by atoms with van der Waals surface area (Å²) in [6.45, 7) is 0. The number of benzene rings is 10. The van der Waals surface area contributed by atoms with Gasteiger partial charge in [0.05, 0.1) is 0 Å². The van der Waals surface area contributed by atoms with E-state index < -0.39 is 0 Å². The Bertz CT molecular complexity index is 3300. The topological polar surface area (TPSA) is 16.4 Å². The van der Waals surface area contributed by atoms with Gasteiger partial charge in [0.2, 0.25) is 0 Å². The number of rotatable bonds is 10. The molecule has 11 rings (SSSR count). The molecule has 0 aliphatic carbocycles. The lowest BCUT2D eigenvalue weighted by molar-refractivity contribution is 0.632. The molecule has 0 fully saturated rings. The van der Waals surface area contributed by atoms with Crippen molar-refractivity contribution < 1.29 is 4.42 Å². The maximum Gasteiger partial charge on any atom is 0.136 e. The SMILES string of the molecule is c1ccc(-c2ccc(-c3ccc(N(c4ccc(-c5ccccc5-c5cc6ccccc6o5)cc4)c4ccc(-c5ccccc5-c5ccccc5-c5ccccc5)cc4)cc3)cc2)cc1. The van der Waals surface area contributed by atoms with Gasteiger partial charge in [-0.3, -0.25) is 0 Å². The van der Waals surface area contributed by atoms with Gasteiger partial charge in [-0.05, 0) is 115 Å². The molecule has 64 heavy (non-hydrogen) atoms. The van der Waals surface area contributed by atoms with Gasteiger partial charge in [0.15, 0.2) is 0 Å². The fourth-order valence-electron chi connectivity index (χ4n) is 8.94. The normalized spacial score (nSPS) is 11.1. The summed E-state index contributed by atoms with van der Waals surface area (Å²) in [5.41, 5.74) is 19.4. The van der Waals surface area contributed by atoms with Gasteiger partial charge in [-0.25, -0.2) is 0 Å². The molecule has 2 heteroatoms. The number of fused-ring (bicyclic) bond motifs is 1. The highest BCUT2D eigenvalue weighted by Gasteiger charge is 2.17. The van der Waals surface area contributed by atoms with Gasteiger partial charge in [-0.15, -0.1) is 0 Å². The average Bonchev–Trinajstić information content (AvgIpc) is 3.82. The molecule has 0 N–H and O–H groups in total. The molecular formula is C62H43NO. The summed E-state index contributed by atoms with van der Waals surface area (Å²) in [6.07, 6.45) is 0. The Kier molecular flexibility index (Phi) is 10.3. The van der Waals surface area contributed by atoms with E-state index >= 15 is 0 Å². The van der Waals surface area contributed by atoms with E-state index in [1.54, 1.807) is 0 Å². The second kappa shape index (κ2) is 17.1. The van der Waals surface area contributed by atoms with E-state index in [1.165, 1.54) is 50.1 Å². The van der Waals surface area contributed by atoms with Crippen LogP contribution in [0.1, 0.15) is 0 Å². The van der Waals surface area contributed by atoms with Crippen molar-refractivity contribution in [3.8, 4) is 78.1 Å². The first-order valence-corrected chi connectivity index (χ1v) is 21.8. The van der Waals surface area contributed by atoms with E-state index in [0.29, 0.717) is 0 Å². The number of hydrogen-bond donors (Lipinski definition) is 0. The van der Waals surface area contributed by atoms with Gasteiger partial charge in [-0.1, -0.05) is 212 Å². The number of nitrogens with zero attached hydrogens (tertiary/aromatic N) is 1. The molecule has 2 nitrogen and oxygen atoms in total. The minimum Gasteiger partial charge on any atom is -0.456 e. The van der Waals surface area contributed by atoms with E-state index in [4.69, 9.17) is 4.42 Å². The van der Waals surface area contributed by atoms with Gasteiger partial charge in [0.25, 0.3) is 0 Å². The van der Waals surface area contributed by atoms with Crippen molar-refractivity contribution in [3.63, 3.8) is 0 Å². The van der Waals surface area contributed by atoms with Crippen molar-refractivity contribution >= 4 is 28.0 Å². The van der Waals surface area contributed by atoms with Crippen LogP contribution in [-0.2, 0) is 0 Å². The second-order valence-electron chi connectivity index (χ2n) is 16.1. The molecule has 1 aromatic heterocycles. The second-order valence-corrected chi connectivity index (χ2v) is 16.1. The highest BCUT2D eigenvalue weighted by atomic mass is 16.3. The van der Waals surface area contributed by atoms with Gasteiger partial charge < -0.3 is 9.32 Å². The van der Waals surface area contributed by atoms with Crippen LogP contribution in [0.4, 0.5) is 17.1 Å². The van der Waals surface area contributed by atoms with Crippen molar-refractivity contribution in [1.29, 1.82) is 0 Å². The van der Waals surface area contributed by atoms with Crippen molar-refractivity contribution in [2.45, 2.75) is 0 Å². The number of anilines is 3. The number of furan rings is 1. The summed E-state index contributed by atoms with van der Waals surface area (Å²) in [5.74, 6) is 0.863. The molecule has 0 aliphatic heterocycles. The van der Waals surface area contributed by atoms with E-state index in [-0.39, 0.29) is 0 Å². The van der Waals surface area contributed by atoms with Crippen LogP contribution >= 0.6 is 0 Å². The van der Waals surface area contributed by atoms with Crippen molar-refractivity contribution in [1.82, 2.24) is 0 Å². The Balaban J connectivity index is 0.959. The molecule has 0 unspecified atom stereocenters. The first-order chi connectivity index (χ1) is 31.7. The van der Waals surface area contributed by atoms with Crippen LogP contribution in [0.15, 0.2) is 265 Å². The van der Waals surface area contributed by atoms with Crippen molar-refractivity contribution in [3.05, 3.63) is 261 Å². The molecule has 10 aromatic carbocycles. The minimum absolute atomic E-state index is 0.863. The summed E-state index contributed by atoms with van der Waals surface area (Å²) >= 11 is 0. The lowest BCUT2D eigenvalue weighted by Crippen LogP contribution is -2.09. The van der Waals surface area contributed by atoms with Crippen LogP contribution in [0.5, 0.6) is 0 Å². The standard InChI is InChI=1S/C62H43NO/c1-3-15-44(16-4-1)45-27-29-46(30-28-45)47-31-37-52(38-32-47)63(54-41-35-50(36-42-54)57-22-10-13-25-60(57)62-43-51-19-7-14-26-61(51)64-62)53-39-33-49(34-40-53)56-21-9-12-24-59(56)58-23-11-8-20-55(58)48-17-5-2-6-18-48/h1-43H. The quantitative estimate of drug-likeness (QED) is 0.137. The first kappa shape index (κ1) is 38.5. The van der Waals surface area contributed by atoms with Crippen LogP contribution in [0.3, 0.4) is 0 Å². The van der Waals surface area contributed by atoms with Gasteiger partial charge in [0, 0.05) is 28.0 Å². The summed E-state index contributed by atoms with van der Waals surface area (Å²) < 4.78 is 6.35. The summed E-state index contributed by atoms with van der Waals surface area (Å²) in [6, 6.07) is 93.1. The van der Waals surface area contributed by atoms with E-state index in [0.717, 1.165) is 56.0 Å². The van der Waals surface area contributed by atoms with E-state index in [1.807, 2.05) is 18.2 Å². The molecule has 0 saturated heterocycles. The Labute approximate surface area is 374 Å². The third-order valence-electron chi connectivity index (χ3n) is 12.2. The highest BCUT2D eigenvalue weighted by Crippen LogP contribution is 2.42. The molecule has 0 amide bonds. The third kappa shape index (κ3) is 7.59. The van der Waals surface area contributed by atoms with Crippen molar-refractivity contribution in [2.75, 3.05) is 4.90 Å². The maximum atomic E-state index is 6.35. The molecule has 1 heterocycles. The highest BCUT2D eigenvalue weighted by molar-refractivity contribution is 5.93. The fourth-order valence-corrected chi connectivity index (χ4v) is 8.94. The molecule has 11 aromatic rings. The fraction of sp³-hybridized carbons (Fsp3) is 0. The Morgan fingerprint density at radius 3 is 1.02 bits per heavy atom. The van der Waals surface area contributed by atoms with Crippen LogP contribution < -0.4 is 4.90 Å². The monoisotopic (exact) mass is 817 g/mol. The number of para-hydroxylation sites is 1. The lowest BCUT2D eigenvalue weighted by atomic mass is 9.89. The number of hydrogen-bond acceptors (Lipinski definition) is 2. The molecule has 0 spiro atoms. The lowest BCUT2D eigenvalue weighted by Gasteiger charge is -2.26. The molecule has 0 atom stereocenters. The summed E-state index contributed by atoms with van der Waals surface area (Å²) in [5, 5.41) is 1.10. The minimum atomic E-state index is 0.863. The largest absolute Gasteiger partial charge is 0.456 e. The van der Waals surface area contributed by atoms with Gasteiger partial charge >= 0.3 is 0 Å². The molecule has 0 aliphatic rings. The van der Waals surface area contributed by atoms with Gasteiger partial charge in [0.1, 0.15) is 11.3 Å².